The quantitative estimate of drug-likeness (QED) is 0.382. The van der Waals surface area contributed by atoms with E-state index in [2.05, 4.69) is 10.3 Å². The predicted molar refractivity (Wildman–Crippen MR) is 103 cm³/mol. The number of imide groups is 1. The number of ether oxygens (including phenoxy) is 1. The molecule has 2 N–H and O–H groups in total. The number of hydrogen-bond donors (Lipinski definition) is 2. The van der Waals surface area contributed by atoms with Crippen molar-refractivity contribution < 1.29 is 23.9 Å². The molecular weight excluding hydrogens is 362 g/mol. The molecule has 0 radical (unpaired) electrons. The number of carbonyl (C=O) groups is 4. The summed E-state index contributed by atoms with van der Waals surface area (Å²) in [5, 5.41) is 2.80. The van der Waals surface area contributed by atoms with E-state index in [0.29, 0.717) is 29.7 Å². The molecule has 1 aliphatic rings. The Labute approximate surface area is 165 Å². The summed E-state index contributed by atoms with van der Waals surface area (Å²) in [6.45, 7) is 8.79. The van der Waals surface area contributed by atoms with Gasteiger partial charge in [0.2, 0.25) is 0 Å². The molecule has 2 rings (SSSR count). The minimum Gasteiger partial charge on any atom is -0.461 e. The van der Waals surface area contributed by atoms with E-state index in [9.17, 15) is 19.2 Å². The van der Waals surface area contributed by atoms with Gasteiger partial charge in [-0.2, -0.15) is 0 Å². The number of aromatic nitrogens is 1. The van der Waals surface area contributed by atoms with Crippen molar-refractivity contribution in [2.75, 3.05) is 13.2 Å². The minimum atomic E-state index is -0.931. The lowest BCUT2D eigenvalue weighted by atomic mass is 9.88. The van der Waals surface area contributed by atoms with Crippen LogP contribution in [0.15, 0.2) is 0 Å². The van der Waals surface area contributed by atoms with E-state index in [0.717, 1.165) is 17.7 Å². The maximum atomic E-state index is 13.0. The van der Waals surface area contributed by atoms with Crippen LogP contribution in [0.25, 0.3) is 0 Å². The van der Waals surface area contributed by atoms with Crippen molar-refractivity contribution in [3.05, 3.63) is 22.5 Å². The second-order valence-corrected chi connectivity index (χ2v) is 7.17. The van der Waals surface area contributed by atoms with Crippen LogP contribution in [0.4, 0.5) is 4.79 Å². The highest BCUT2D eigenvalue weighted by Gasteiger charge is 2.50. The third-order valence-corrected chi connectivity index (χ3v) is 5.10. The third-order valence-electron chi connectivity index (χ3n) is 5.10. The first-order valence-electron chi connectivity index (χ1n) is 9.75. The van der Waals surface area contributed by atoms with Crippen molar-refractivity contribution >= 4 is 23.7 Å². The Balaban J connectivity index is 2.27. The molecule has 1 saturated heterocycles. The lowest BCUT2D eigenvalue weighted by Crippen LogP contribution is -2.47. The number of esters is 1. The molecule has 1 fully saturated rings. The van der Waals surface area contributed by atoms with Crippen LogP contribution in [0.3, 0.4) is 0 Å². The fourth-order valence-electron chi connectivity index (χ4n) is 3.94. The van der Waals surface area contributed by atoms with Crippen LogP contribution in [0.5, 0.6) is 0 Å². The SMILES string of the molecule is CCCC1(CCC)NC(=O)N(CC(=O)c2c(C)[nH]c(C(=O)OCC)c2C)C1=O. The van der Waals surface area contributed by atoms with Crippen LogP contribution >= 0.6 is 0 Å². The van der Waals surface area contributed by atoms with E-state index >= 15 is 0 Å². The lowest BCUT2D eigenvalue weighted by Gasteiger charge is -2.25. The number of amides is 3. The van der Waals surface area contributed by atoms with E-state index in [1.165, 1.54) is 0 Å². The Bertz CT molecular complexity index is 790. The van der Waals surface area contributed by atoms with Crippen LogP contribution in [0, 0.1) is 13.8 Å². The number of H-pyrrole nitrogens is 1. The minimum absolute atomic E-state index is 0.214. The first-order chi connectivity index (χ1) is 13.2. The average molecular weight is 391 g/mol. The highest BCUT2D eigenvalue weighted by Crippen LogP contribution is 2.29. The zero-order valence-electron chi connectivity index (χ0n) is 17.2. The van der Waals surface area contributed by atoms with Gasteiger partial charge in [-0.3, -0.25) is 14.5 Å². The summed E-state index contributed by atoms with van der Waals surface area (Å²) in [5.74, 6) is -1.29. The summed E-state index contributed by atoms with van der Waals surface area (Å²) in [7, 11) is 0. The fourth-order valence-corrected chi connectivity index (χ4v) is 3.94. The monoisotopic (exact) mass is 391 g/mol. The van der Waals surface area contributed by atoms with E-state index in [4.69, 9.17) is 4.74 Å². The van der Waals surface area contributed by atoms with Crippen molar-refractivity contribution in [3.63, 3.8) is 0 Å². The topological polar surface area (TPSA) is 109 Å². The Morgan fingerprint density at radius 3 is 2.21 bits per heavy atom. The molecule has 1 aromatic heterocycles. The van der Waals surface area contributed by atoms with E-state index in [1.807, 2.05) is 13.8 Å². The number of aryl methyl sites for hydroxylation is 1. The molecule has 0 aliphatic carbocycles. The molecule has 8 nitrogen and oxygen atoms in total. The first kappa shape index (κ1) is 21.7. The number of nitrogens with one attached hydrogen (secondary N) is 2. The Kier molecular flexibility index (Phi) is 6.64. The molecular formula is C20H29N3O5. The number of rotatable bonds is 9. The largest absolute Gasteiger partial charge is 0.461 e. The predicted octanol–water partition coefficient (Wildman–Crippen LogP) is 2.88. The number of aromatic amines is 1. The molecule has 0 bridgehead atoms. The summed E-state index contributed by atoms with van der Waals surface area (Å²) in [5.41, 5.74) is 0.560. The van der Waals surface area contributed by atoms with E-state index < -0.39 is 23.3 Å². The molecule has 0 atom stereocenters. The van der Waals surface area contributed by atoms with Crippen LogP contribution in [-0.4, -0.2) is 52.3 Å². The molecule has 0 saturated carbocycles. The molecule has 0 aromatic carbocycles. The van der Waals surface area contributed by atoms with Crippen molar-refractivity contribution in [3.8, 4) is 0 Å². The van der Waals surface area contributed by atoms with Gasteiger partial charge in [0.25, 0.3) is 5.91 Å². The van der Waals surface area contributed by atoms with Crippen LogP contribution in [0.1, 0.15) is 78.6 Å². The summed E-state index contributed by atoms with van der Waals surface area (Å²) in [6, 6.07) is -0.545. The smallest absolute Gasteiger partial charge is 0.355 e. The Hall–Kier alpha value is -2.64. The number of hydrogen-bond acceptors (Lipinski definition) is 5. The normalized spacial score (nSPS) is 15.7. The van der Waals surface area contributed by atoms with Gasteiger partial charge < -0.3 is 15.0 Å². The van der Waals surface area contributed by atoms with E-state index in [-0.39, 0.29) is 24.8 Å². The van der Waals surface area contributed by atoms with Crippen LogP contribution in [0.2, 0.25) is 0 Å². The van der Waals surface area contributed by atoms with Crippen molar-refractivity contribution in [2.45, 2.75) is 65.8 Å². The highest BCUT2D eigenvalue weighted by atomic mass is 16.5. The number of Topliss-reactive ketones (excluding diaryl/α,β-unsaturated/α-hetero) is 1. The van der Waals surface area contributed by atoms with Crippen molar-refractivity contribution in [1.82, 2.24) is 15.2 Å². The number of urea groups is 1. The Morgan fingerprint density at radius 2 is 1.68 bits per heavy atom. The summed E-state index contributed by atoms with van der Waals surface area (Å²) < 4.78 is 5.00. The molecule has 0 unspecified atom stereocenters. The number of ketones is 1. The lowest BCUT2D eigenvalue weighted by molar-refractivity contribution is -0.131. The fraction of sp³-hybridized carbons (Fsp3) is 0.600. The molecule has 28 heavy (non-hydrogen) atoms. The van der Waals surface area contributed by atoms with Gasteiger partial charge in [-0.05, 0) is 39.2 Å². The average Bonchev–Trinajstić information content (AvgIpc) is 3.04. The van der Waals surface area contributed by atoms with Gasteiger partial charge in [0.05, 0.1) is 13.2 Å². The maximum Gasteiger partial charge on any atom is 0.355 e. The summed E-state index contributed by atoms with van der Waals surface area (Å²) >= 11 is 0. The van der Waals surface area contributed by atoms with Gasteiger partial charge in [0, 0.05) is 11.3 Å². The van der Waals surface area contributed by atoms with Crippen molar-refractivity contribution in [1.29, 1.82) is 0 Å². The number of carbonyl (C=O) groups excluding carboxylic acids is 4. The zero-order chi connectivity index (χ0) is 21.1. The van der Waals surface area contributed by atoms with Gasteiger partial charge >= 0.3 is 12.0 Å². The third kappa shape index (κ3) is 3.81. The molecule has 154 valence electrons. The van der Waals surface area contributed by atoms with Gasteiger partial charge in [-0.25, -0.2) is 9.59 Å². The van der Waals surface area contributed by atoms with Gasteiger partial charge in [0.1, 0.15) is 11.2 Å². The van der Waals surface area contributed by atoms with E-state index in [1.54, 1.807) is 20.8 Å². The molecule has 1 aromatic rings. The molecule has 3 amide bonds. The second kappa shape index (κ2) is 8.58. The maximum absolute atomic E-state index is 13.0. The molecule has 1 aliphatic heterocycles. The standard InChI is InChI=1S/C20H29N3O5/c1-6-9-20(10-7-2)18(26)23(19(27)22-20)11-14(24)15-12(4)16(21-13(15)5)17(25)28-8-3/h21H,6-11H2,1-5H3,(H,22,27). The summed E-state index contributed by atoms with van der Waals surface area (Å²) in [6.07, 6.45) is 2.55. The van der Waals surface area contributed by atoms with Crippen molar-refractivity contribution in [2.24, 2.45) is 0 Å². The first-order valence-corrected chi connectivity index (χ1v) is 9.75. The Morgan fingerprint density at radius 1 is 1.07 bits per heavy atom. The van der Waals surface area contributed by atoms with Gasteiger partial charge in [0.15, 0.2) is 5.78 Å². The number of nitrogens with zero attached hydrogens (tertiary/aromatic N) is 1. The van der Waals surface area contributed by atoms with Crippen LogP contribution in [-0.2, 0) is 9.53 Å². The van der Waals surface area contributed by atoms with Gasteiger partial charge in [-0.1, -0.05) is 26.7 Å². The molecule has 8 heteroatoms. The molecule has 0 spiro atoms. The van der Waals surface area contributed by atoms with Crippen LogP contribution < -0.4 is 5.32 Å². The summed E-state index contributed by atoms with van der Waals surface area (Å²) in [4.78, 5) is 54.2. The second-order valence-electron chi connectivity index (χ2n) is 7.17. The van der Waals surface area contributed by atoms with Gasteiger partial charge in [-0.15, -0.1) is 0 Å². The zero-order valence-corrected chi connectivity index (χ0v) is 17.2. The molecule has 2 heterocycles. The highest BCUT2D eigenvalue weighted by molar-refractivity contribution is 6.12.